The molecule has 3 heterocycles. The van der Waals surface area contributed by atoms with Crippen LogP contribution in [0.5, 0.6) is 0 Å². The number of halogens is 3. The highest BCUT2D eigenvalue weighted by atomic mass is 32.2. The molecule has 2 aromatic carbocycles. The molecule has 0 radical (unpaired) electrons. The molecule has 3 unspecified atom stereocenters. The summed E-state index contributed by atoms with van der Waals surface area (Å²) in [7, 11) is 0. The number of carbonyl (C=O) groups excluding carboxylic acids is 3. The first kappa shape index (κ1) is 44.8. The standard InChI is InChI=1S/C40H45F3N6O9S/c1-27(59-32-22-54-38(55-23-32)6-4-3-5-30-8-7-29(21-44)19-34(30)42)40(24-49-26-45-25-46-49,33-10-9-31(41)20-35(33)43)58-39(53)57-28(2)56-37(52)12-11-36(51)48-15-13-47(14-16-48)17-18-50/h3-10,19-20,25-28,32,38,50H,11-18,22-24H2,1-2H3. The number of hydrogen-bond donors (Lipinski definition) is 1. The summed E-state index contributed by atoms with van der Waals surface area (Å²) in [6, 6.07) is 8.87. The number of thioether (sulfide) groups is 1. The molecule has 5 rings (SSSR count). The van der Waals surface area contributed by atoms with Crippen molar-refractivity contribution < 1.29 is 56.3 Å². The number of hydrogen-bond acceptors (Lipinski definition) is 14. The first-order valence-corrected chi connectivity index (χ1v) is 19.7. The monoisotopic (exact) mass is 842 g/mol. The summed E-state index contributed by atoms with van der Waals surface area (Å²) in [5, 5.41) is 21.0. The molecule has 0 spiro atoms. The number of aliphatic hydroxyl groups is 1. The fourth-order valence-electron chi connectivity index (χ4n) is 6.43. The van der Waals surface area contributed by atoms with Crippen molar-refractivity contribution in [2.75, 3.05) is 52.5 Å². The molecule has 2 aliphatic rings. The van der Waals surface area contributed by atoms with Gasteiger partial charge in [-0.05, 0) is 37.3 Å². The Kier molecular flexibility index (Phi) is 16.5. The van der Waals surface area contributed by atoms with Crippen LogP contribution < -0.4 is 0 Å². The Balaban J connectivity index is 1.22. The molecule has 15 nitrogen and oxygen atoms in total. The van der Waals surface area contributed by atoms with E-state index in [1.54, 1.807) is 30.1 Å². The molecule has 19 heteroatoms. The third-order valence-corrected chi connectivity index (χ3v) is 10.9. The van der Waals surface area contributed by atoms with Crippen molar-refractivity contribution in [1.29, 1.82) is 5.26 Å². The van der Waals surface area contributed by atoms with Crippen molar-refractivity contribution in [3.05, 3.63) is 101 Å². The molecule has 2 fully saturated rings. The Morgan fingerprint density at radius 2 is 1.80 bits per heavy atom. The van der Waals surface area contributed by atoms with Crippen molar-refractivity contribution in [2.24, 2.45) is 0 Å². The molecule has 3 atom stereocenters. The van der Waals surface area contributed by atoms with E-state index < -0.39 is 53.0 Å². The molecule has 0 saturated carbocycles. The van der Waals surface area contributed by atoms with Gasteiger partial charge < -0.3 is 33.7 Å². The Bertz CT molecular complexity index is 1990. The van der Waals surface area contributed by atoms with Crippen molar-refractivity contribution in [2.45, 2.75) is 61.9 Å². The number of rotatable bonds is 17. The minimum atomic E-state index is -1.92. The number of aromatic nitrogens is 3. The maximum atomic E-state index is 15.8. The molecular formula is C40H45F3N6O9S. The summed E-state index contributed by atoms with van der Waals surface area (Å²) >= 11 is 1.24. The van der Waals surface area contributed by atoms with Gasteiger partial charge >= 0.3 is 12.1 Å². The fraction of sp³-hybridized carbons (Fsp3) is 0.450. The smallest absolute Gasteiger partial charge is 0.425 e. The average molecular weight is 843 g/mol. The van der Waals surface area contributed by atoms with Gasteiger partial charge in [0.2, 0.25) is 12.2 Å². The van der Waals surface area contributed by atoms with Crippen molar-refractivity contribution in [3.63, 3.8) is 0 Å². The second-order valence-corrected chi connectivity index (χ2v) is 15.3. The quantitative estimate of drug-likeness (QED) is 0.114. The van der Waals surface area contributed by atoms with Crippen LogP contribution in [0.2, 0.25) is 0 Å². The van der Waals surface area contributed by atoms with Gasteiger partial charge in [0, 0.05) is 68.5 Å². The van der Waals surface area contributed by atoms with E-state index in [2.05, 4.69) is 10.1 Å². The summed E-state index contributed by atoms with van der Waals surface area (Å²) < 4.78 is 73.8. The van der Waals surface area contributed by atoms with Crippen LogP contribution in [-0.2, 0) is 45.4 Å². The maximum Gasteiger partial charge on any atom is 0.512 e. The van der Waals surface area contributed by atoms with E-state index in [0.29, 0.717) is 44.4 Å². The highest BCUT2D eigenvalue weighted by Gasteiger charge is 2.47. The normalized spacial score (nSPS) is 19.5. The molecular weight excluding hydrogens is 798 g/mol. The van der Waals surface area contributed by atoms with Gasteiger partial charge in [-0.15, -0.1) is 11.8 Å². The van der Waals surface area contributed by atoms with Gasteiger partial charge in [0.25, 0.3) is 0 Å². The largest absolute Gasteiger partial charge is 0.512 e. The van der Waals surface area contributed by atoms with Crippen molar-refractivity contribution in [3.8, 4) is 6.07 Å². The summed E-state index contributed by atoms with van der Waals surface area (Å²) in [5.41, 5.74) is -1.62. The van der Waals surface area contributed by atoms with Crippen LogP contribution in [0.4, 0.5) is 18.0 Å². The Labute approximate surface area is 343 Å². The Morgan fingerprint density at radius 3 is 2.46 bits per heavy atom. The van der Waals surface area contributed by atoms with Gasteiger partial charge in [0.15, 0.2) is 11.9 Å². The van der Waals surface area contributed by atoms with Crippen LogP contribution in [0.3, 0.4) is 0 Å². The molecule has 0 bridgehead atoms. The number of ether oxygens (including phenoxy) is 5. The Hall–Kier alpha value is -5.26. The number of allylic oxidation sites excluding steroid dienone is 2. The second kappa shape index (κ2) is 21.7. The van der Waals surface area contributed by atoms with Gasteiger partial charge in [-0.1, -0.05) is 24.3 Å². The molecule has 316 valence electrons. The minimum absolute atomic E-state index is 0.0258. The maximum absolute atomic E-state index is 15.8. The van der Waals surface area contributed by atoms with Gasteiger partial charge in [-0.25, -0.2) is 27.6 Å². The number of piperazine rings is 1. The predicted octanol–water partition coefficient (Wildman–Crippen LogP) is 4.55. The van der Waals surface area contributed by atoms with Crippen molar-refractivity contribution >= 4 is 35.9 Å². The van der Waals surface area contributed by atoms with E-state index in [9.17, 15) is 23.2 Å². The van der Waals surface area contributed by atoms with E-state index in [4.69, 9.17) is 34.1 Å². The van der Waals surface area contributed by atoms with Gasteiger partial charge in [0.1, 0.15) is 30.1 Å². The SMILES string of the molecule is CC(OC(=O)CCC(=O)N1CCN(CCO)CC1)OC(=O)OC(Cn1cncn1)(c1ccc(F)cc1F)C(C)SC1COC(C=CC=Cc2ccc(C#N)cc2F)OC1. The highest BCUT2D eigenvalue weighted by Crippen LogP contribution is 2.42. The lowest BCUT2D eigenvalue weighted by Crippen LogP contribution is -2.49. The predicted molar refractivity (Wildman–Crippen MR) is 206 cm³/mol. The fourth-order valence-corrected chi connectivity index (χ4v) is 7.79. The van der Waals surface area contributed by atoms with Crippen LogP contribution >= 0.6 is 11.8 Å². The Morgan fingerprint density at radius 1 is 1.03 bits per heavy atom. The molecule has 2 saturated heterocycles. The van der Waals surface area contributed by atoms with E-state index in [-0.39, 0.29) is 61.5 Å². The number of β-amino-alcohol motifs (C(OH)–C–C–N with tert-alkyl or cyclic N) is 1. The van der Waals surface area contributed by atoms with Gasteiger partial charge in [0.05, 0.1) is 49.7 Å². The number of nitriles is 1. The van der Waals surface area contributed by atoms with Crippen molar-refractivity contribution in [1.82, 2.24) is 24.6 Å². The topological polar surface area (TPSA) is 179 Å². The van der Waals surface area contributed by atoms with Crippen LogP contribution in [0.25, 0.3) is 6.08 Å². The first-order valence-electron chi connectivity index (χ1n) is 18.8. The first-order chi connectivity index (χ1) is 28.4. The second-order valence-electron chi connectivity index (χ2n) is 13.6. The van der Waals surface area contributed by atoms with E-state index in [1.807, 2.05) is 11.0 Å². The zero-order valence-corrected chi connectivity index (χ0v) is 33.3. The zero-order chi connectivity index (χ0) is 42.4. The zero-order valence-electron chi connectivity index (χ0n) is 32.5. The lowest BCUT2D eigenvalue weighted by molar-refractivity contribution is -0.172. The number of benzene rings is 2. The number of nitrogens with zero attached hydrogens (tertiary/aromatic N) is 6. The molecule has 1 amide bonds. The lowest BCUT2D eigenvalue weighted by atomic mass is 9.89. The van der Waals surface area contributed by atoms with E-state index in [1.165, 1.54) is 54.2 Å². The number of aliphatic hydroxyl groups excluding tert-OH is 1. The minimum Gasteiger partial charge on any atom is -0.425 e. The third kappa shape index (κ3) is 12.9. The summed E-state index contributed by atoms with van der Waals surface area (Å²) in [6.45, 7) is 5.64. The molecule has 3 aromatic rings. The van der Waals surface area contributed by atoms with Crippen LogP contribution in [-0.4, -0.2) is 123 Å². The van der Waals surface area contributed by atoms with Crippen LogP contribution in [0.15, 0.2) is 67.3 Å². The van der Waals surface area contributed by atoms with Crippen LogP contribution in [0.1, 0.15) is 43.4 Å². The lowest BCUT2D eigenvalue weighted by Gasteiger charge is -2.40. The van der Waals surface area contributed by atoms with Gasteiger partial charge in [-0.2, -0.15) is 10.4 Å². The number of carbonyl (C=O) groups is 3. The third-order valence-electron chi connectivity index (χ3n) is 9.49. The molecule has 2 aliphatic heterocycles. The summed E-state index contributed by atoms with van der Waals surface area (Å²) in [6.07, 6.45) is 4.99. The number of esters is 1. The molecule has 59 heavy (non-hydrogen) atoms. The molecule has 1 aromatic heterocycles. The van der Waals surface area contributed by atoms with E-state index >= 15 is 4.39 Å². The van der Waals surface area contributed by atoms with Crippen LogP contribution in [0, 0.1) is 28.8 Å². The summed E-state index contributed by atoms with van der Waals surface area (Å²) in [5.74, 6) is -3.46. The number of amides is 1. The molecule has 1 N–H and O–H groups in total. The summed E-state index contributed by atoms with van der Waals surface area (Å²) in [4.78, 5) is 46.5. The van der Waals surface area contributed by atoms with E-state index in [0.717, 1.165) is 18.2 Å². The average Bonchev–Trinajstić information content (AvgIpc) is 3.72. The van der Waals surface area contributed by atoms with Gasteiger partial charge in [-0.3, -0.25) is 14.5 Å². The molecule has 0 aliphatic carbocycles. The highest BCUT2D eigenvalue weighted by molar-refractivity contribution is 8.00.